The van der Waals surface area contributed by atoms with E-state index in [1.165, 1.54) is 5.56 Å². The van der Waals surface area contributed by atoms with E-state index >= 15 is 0 Å². The van der Waals surface area contributed by atoms with Crippen molar-refractivity contribution in [2.24, 2.45) is 11.7 Å². The molecule has 2 rings (SSSR count). The average Bonchev–Trinajstić information content (AvgIpc) is 2.60. The zero-order chi connectivity index (χ0) is 17.4. The van der Waals surface area contributed by atoms with Crippen molar-refractivity contribution in [3.63, 3.8) is 0 Å². The van der Waals surface area contributed by atoms with Crippen molar-refractivity contribution in [3.8, 4) is 0 Å². The number of ether oxygens (including phenoxy) is 1. The SMILES string of the molecule is COC(CN)CC(=O)N1CCC(CN(C)Cc2ccccc2)CC1.Cl.Cl. The zero-order valence-electron chi connectivity index (χ0n) is 15.8. The van der Waals surface area contributed by atoms with Crippen LogP contribution in [0, 0.1) is 5.92 Å². The molecular weight excluding hydrogens is 373 g/mol. The second-order valence-corrected chi connectivity index (χ2v) is 6.80. The van der Waals surface area contributed by atoms with E-state index in [1.54, 1.807) is 7.11 Å². The molecule has 0 radical (unpaired) electrons. The van der Waals surface area contributed by atoms with Gasteiger partial charge in [0.15, 0.2) is 0 Å². The lowest BCUT2D eigenvalue weighted by molar-refractivity contribution is -0.135. The average molecular weight is 406 g/mol. The number of piperidine rings is 1. The molecule has 1 saturated heterocycles. The summed E-state index contributed by atoms with van der Waals surface area (Å²) in [5.41, 5.74) is 6.95. The Balaban J connectivity index is 0.00000312. The van der Waals surface area contributed by atoms with E-state index in [0.29, 0.717) is 18.9 Å². The number of nitrogens with zero attached hydrogens (tertiary/aromatic N) is 2. The van der Waals surface area contributed by atoms with Crippen molar-refractivity contribution in [2.75, 3.05) is 40.3 Å². The fraction of sp³-hybridized carbons (Fsp3) is 0.632. The van der Waals surface area contributed by atoms with Crippen LogP contribution in [0.25, 0.3) is 0 Å². The van der Waals surface area contributed by atoms with Crippen LogP contribution in [-0.4, -0.2) is 62.1 Å². The Labute approximate surface area is 170 Å². The number of likely N-dealkylation sites (tertiary alicyclic amines) is 1. The molecule has 0 saturated carbocycles. The third-order valence-corrected chi connectivity index (χ3v) is 4.83. The molecule has 7 heteroatoms. The minimum absolute atomic E-state index is 0. The van der Waals surface area contributed by atoms with Crippen LogP contribution in [0.3, 0.4) is 0 Å². The normalized spacial score (nSPS) is 15.9. The van der Waals surface area contributed by atoms with Crippen molar-refractivity contribution >= 4 is 30.7 Å². The van der Waals surface area contributed by atoms with E-state index in [-0.39, 0.29) is 36.8 Å². The number of rotatable bonds is 8. The molecule has 1 atom stereocenters. The van der Waals surface area contributed by atoms with Crippen molar-refractivity contribution in [1.82, 2.24) is 9.80 Å². The van der Waals surface area contributed by atoms with Gasteiger partial charge in [0.25, 0.3) is 0 Å². The summed E-state index contributed by atoms with van der Waals surface area (Å²) < 4.78 is 5.21. The van der Waals surface area contributed by atoms with Gasteiger partial charge in [-0.1, -0.05) is 30.3 Å². The first-order valence-corrected chi connectivity index (χ1v) is 8.85. The van der Waals surface area contributed by atoms with Gasteiger partial charge < -0.3 is 20.3 Å². The quantitative estimate of drug-likeness (QED) is 0.721. The van der Waals surface area contributed by atoms with Crippen LogP contribution in [0.15, 0.2) is 30.3 Å². The Morgan fingerprint density at radius 2 is 1.88 bits per heavy atom. The van der Waals surface area contributed by atoms with Crippen LogP contribution in [0.5, 0.6) is 0 Å². The van der Waals surface area contributed by atoms with Crippen LogP contribution >= 0.6 is 24.8 Å². The number of nitrogens with two attached hydrogens (primary N) is 1. The number of carbonyl (C=O) groups excluding carboxylic acids is 1. The van der Waals surface area contributed by atoms with Crippen LogP contribution in [0.1, 0.15) is 24.8 Å². The van der Waals surface area contributed by atoms with Gasteiger partial charge in [0.2, 0.25) is 5.91 Å². The first-order valence-electron chi connectivity index (χ1n) is 8.85. The molecule has 1 fully saturated rings. The van der Waals surface area contributed by atoms with Gasteiger partial charge in [-0.05, 0) is 31.4 Å². The number of methoxy groups -OCH3 is 1. The van der Waals surface area contributed by atoms with E-state index in [9.17, 15) is 4.79 Å². The van der Waals surface area contributed by atoms with Gasteiger partial charge in [-0.3, -0.25) is 4.79 Å². The summed E-state index contributed by atoms with van der Waals surface area (Å²) in [7, 11) is 3.79. The maximum absolute atomic E-state index is 12.3. The summed E-state index contributed by atoms with van der Waals surface area (Å²) in [6.07, 6.45) is 2.38. The van der Waals surface area contributed by atoms with Gasteiger partial charge in [0.05, 0.1) is 12.5 Å². The Morgan fingerprint density at radius 1 is 1.27 bits per heavy atom. The van der Waals surface area contributed by atoms with Crippen molar-refractivity contribution in [1.29, 1.82) is 0 Å². The molecule has 5 nitrogen and oxygen atoms in total. The summed E-state index contributed by atoms with van der Waals surface area (Å²) in [5, 5.41) is 0. The number of carbonyl (C=O) groups is 1. The lowest BCUT2D eigenvalue weighted by Gasteiger charge is -2.34. The molecule has 0 bridgehead atoms. The van der Waals surface area contributed by atoms with Gasteiger partial charge in [-0.25, -0.2) is 0 Å². The standard InChI is InChI=1S/C19H31N3O2.2ClH/c1-21(14-16-6-4-3-5-7-16)15-17-8-10-22(11-9-17)19(23)12-18(13-20)24-2;;/h3-7,17-18H,8-15,20H2,1-2H3;2*1H. The maximum atomic E-state index is 12.3. The van der Waals surface area contributed by atoms with E-state index in [0.717, 1.165) is 39.0 Å². The zero-order valence-corrected chi connectivity index (χ0v) is 17.4. The number of halogens is 2. The maximum Gasteiger partial charge on any atom is 0.225 e. The molecule has 1 unspecified atom stereocenters. The molecule has 1 aliphatic rings. The lowest BCUT2D eigenvalue weighted by Crippen LogP contribution is -2.42. The fourth-order valence-corrected chi connectivity index (χ4v) is 3.35. The summed E-state index contributed by atoms with van der Waals surface area (Å²) in [6.45, 7) is 4.16. The Bertz CT molecular complexity index is 493. The van der Waals surface area contributed by atoms with Crippen LogP contribution in [-0.2, 0) is 16.1 Å². The summed E-state index contributed by atoms with van der Waals surface area (Å²) in [4.78, 5) is 16.6. The number of amides is 1. The first-order chi connectivity index (χ1) is 11.6. The molecule has 1 aromatic carbocycles. The molecule has 0 aromatic heterocycles. The number of hydrogen-bond donors (Lipinski definition) is 1. The molecule has 1 aromatic rings. The molecule has 0 aliphatic carbocycles. The van der Waals surface area contributed by atoms with Crippen molar-refractivity contribution in [3.05, 3.63) is 35.9 Å². The Morgan fingerprint density at radius 3 is 2.42 bits per heavy atom. The summed E-state index contributed by atoms with van der Waals surface area (Å²) in [6, 6.07) is 10.6. The topological polar surface area (TPSA) is 58.8 Å². The molecule has 1 aliphatic heterocycles. The first kappa shape index (κ1) is 25.1. The summed E-state index contributed by atoms with van der Waals surface area (Å²) >= 11 is 0. The Hall–Kier alpha value is -0.850. The van der Waals surface area contributed by atoms with Crippen LogP contribution < -0.4 is 5.73 Å². The van der Waals surface area contributed by atoms with Crippen molar-refractivity contribution < 1.29 is 9.53 Å². The fourth-order valence-electron chi connectivity index (χ4n) is 3.35. The highest BCUT2D eigenvalue weighted by Gasteiger charge is 2.25. The molecule has 1 amide bonds. The largest absolute Gasteiger partial charge is 0.380 e. The molecular formula is C19H33Cl2N3O2. The molecule has 0 spiro atoms. The lowest BCUT2D eigenvalue weighted by atomic mass is 9.95. The highest BCUT2D eigenvalue weighted by Crippen LogP contribution is 2.20. The molecule has 1 heterocycles. The number of hydrogen-bond acceptors (Lipinski definition) is 4. The molecule has 150 valence electrons. The van der Waals surface area contributed by atoms with Gasteiger partial charge in [-0.2, -0.15) is 0 Å². The second kappa shape index (κ2) is 13.3. The Kier molecular flexibility index (Phi) is 12.9. The molecule has 2 N–H and O–H groups in total. The summed E-state index contributed by atoms with van der Waals surface area (Å²) in [5.74, 6) is 0.832. The predicted molar refractivity (Wildman–Crippen MR) is 111 cm³/mol. The van der Waals surface area contributed by atoms with Gasteiger partial charge in [-0.15, -0.1) is 24.8 Å². The van der Waals surface area contributed by atoms with E-state index in [1.807, 2.05) is 4.90 Å². The number of benzene rings is 1. The van der Waals surface area contributed by atoms with E-state index in [2.05, 4.69) is 42.3 Å². The van der Waals surface area contributed by atoms with Gasteiger partial charge >= 0.3 is 0 Å². The highest BCUT2D eigenvalue weighted by molar-refractivity contribution is 5.85. The predicted octanol–water partition coefficient (Wildman–Crippen LogP) is 2.56. The van der Waals surface area contributed by atoms with E-state index in [4.69, 9.17) is 10.5 Å². The van der Waals surface area contributed by atoms with Gasteiger partial charge in [0.1, 0.15) is 0 Å². The second-order valence-electron chi connectivity index (χ2n) is 6.80. The third kappa shape index (κ3) is 8.23. The van der Waals surface area contributed by atoms with Crippen LogP contribution in [0.4, 0.5) is 0 Å². The van der Waals surface area contributed by atoms with E-state index < -0.39 is 0 Å². The smallest absolute Gasteiger partial charge is 0.225 e. The minimum atomic E-state index is -0.160. The van der Waals surface area contributed by atoms with Crippen LogP contribution in [0.2, 0.25) is 0 Å². The minimum Gasteiger partial charge on any atom is -0.380 e. The third-order valence-electron chi connectivity index (χ3n) is 4.83. The van der Waals surface area contributed by atoms with Crippen molar-refractivity contribution in [2.45, 2.75) is 31.9 Å². The highest BCUT2D eigenvalue weighted by atomic mass is 35.5. The van der Waals surface area contributed by atoms with Gasteiger partial charge in [0, 0.05) is 39.8 Å². The molecule has 26 heavy (non-hydrogen) atoms. The monoisotopic (exact) mass is 405 g/mol.